The maximum Gasteiger partial charge on any atom is 0.338 e. The van der Waals surface area contributed by atoms with E-state index in [9.17, 15) is 30.0 Å². The number of halogens is 1. The molecule has 1 saturated heterocycles. The first-order valence-electron chi connectivity index (χ1n) is 12.3. The first-order valence-corrected chi connectivity index (χ1v) is 12.7. The molecule has 3 aliphatic carbocycles. The Bertz CT molecular complexity index is 1150. The normalized spacial score (nSPS) is 43.1. The summed E-state index contributed by atoms with van der Waals surface area (Å²) in [5.41, 5.74) is -5.74. The van der Waals surface area contributed by atoms with E-state index in [1.165, 1.54) is 0 Å². The maximum atomic E-state index is 14.1. The molecule has 1 aliphatic heterocycles. The third-order valence-electron chi connectivity index (χ3n) is 9.58. The van der Waals surface area contributed by atoms with E-state index in [-0.39, 0.29) is 119 Å². The molecule has 1 heterocycles. The Morgan fingerprint density at radius 3 is 2.26 bits per heavy atom. The third-order valence-corrected chi connectivity index (χ3v) is 10.2. The van der Waals surface area contributed by atoms with Gasteiger partial charge in [0.15, 0.2) is 5.78 Å². The van der Waals surface area contributed by atoms with Crippen molar-refractivity contribution in [3.63, 3.8) is 0 Å². The quantitative estimate of drug-likeness (QED) is 0.201. The molecular weight excluding hydrogens is 942 g/mol. The summed E-state index contributed by atoms with van der Waals surface area (Å²) in [4.78, 5) is 27.5. The van der Waals surface area contributed by atoms with Gasteiger partial charge in [0, 0.05) is 111 Å². The molecule has 3 fully saturated rings. The molecule has 0 amide bonds. The summed E-state index contributed by atoms with van der Waals surface area (Å²) < 4.78 is 11.7. The molecule has 2 bridgehead atoms. The molecule has 8 unspecified atom stereocenters. The number of fused-ring (bicyclic) bond motifs is 5. The van der Waals surface area contributed by atoms with Crippen LogP contribution in [0.15, 0.2) is 41.5 Å². The number of benzene rings is 1. The molecule has 1 aromatic rings. The number of alkyl halides is 1. The van der Waals surface area contributed by atoms with Gasteiger partial charge in [-0.3, -0.25) is 4.79 Å². The van der Waals surface area contributed by atoms with E-state index in [1.54, 1.807) is 58.0 Å². The van der Waals surface area contributed by atoms with Crippen molar-refractivity contribution in [1.82, 2.24) is 0 Å². The van der Waals surface area contributed by atoms with E-state index in [0.29, 0.717) is 5.57 Å². The Kier molecular flexibility index (Phi) is 9.98. The van der Waals surface area contributed by atoms with Crippen LogP contribution in [-0.4, -0.2) is 79.8 Å². The number of aliphatic hydroxyl groups is 4. The number of carbonyl (C=O) groups is 2. The average Bonchev–Trinajstić information content (AvgIpc) is 2.83. The van der Waals surface area contributed by atoms with Crippen molar-refractivity contribution in [2.24, 2.45) is 16.7 Å². The maximum absolute atomic E-state index is 14.1. The van der Waals surface area contributed by atoms with Crippen LogP contribution < -0.4 is 0 Å². The molecule has 4 N–H and O–H groups in total. The fraction of sp³-hybridized carbons (Fsp3) is 0.630. The molecule has 4 aliphatic rings. The van der Waals surface area contributed by atoms with E-state index in [2.05, 4.69) is 0 Å². The summed E-state index contributed by atoms with van der Waals surface area (Å²) in [6, 6.07) is 8.22. The zero-order valence-electron chi connectivity index (χ0n) is 21.9. The number of rotatable bonds is 2. The zero-order chi connectivity index (χ0) is 26.4. The van der Waals surface area contributed by atoms with Gasteiger partial charge in [0.1, 0.15) is 23.4 Å². The summed E-state index contributed by atoms with van der Waals surface area (Å²) in [6.45, 7) is 6.33. The predicted molar refractivity (Wildman–Crippen MR) is 129 cm³/mol. The largest absolute Gasteiger partial charge is 0.455 e. The van der Waals surface area contributed by atoms with Crippen LogP contribution in [0.3, 0.4) is 0 Å². The minimum absolute atomic E-state index is 0. The molecule has 1 aromatic carbocycles. The van der Waals surface area contributed by atoms with Crippen molar-refractivity contribution in [3.05, 3.63) is 47.0 Å². The van der Waals surface area contributed by atoms with Crippen molar-refractivity contribution in [1.29, 1.82) is 0 Å². The Hall–Kier alpha value is 1.07. The standard InChI is InChI=1S/C27H33ClO8.2Ac/c1-13-15(29)11-27(34)22(36-23(32)14-8-6-5-7-9-14)20-25(4,16(28)10-17-26(20,33)12-35-17)21(31)19(30)18(13)24(27,2)3;;/h5-9,15-17,19-20,22,29-30,33-34H,10-12H2,1-4H3;;/t15?,16?,17?,19?,20?,22?,25-,26?,27?;;/m1../s1. The SMILES string of the molecule is CC1=C2C(O)C(=O)[C@]3(C)C(Cl)CC4OCC4(O)C3C(OC(=O)c3ccccc3)C(O)(CC1O)C2(C)C.[Ac].[Ac]. The van der Waals surface area contributed by atoms with Crippen LogP contribution in [-0.2, 0) is 14.3 Å². The predicted octanol–water partition coefficient (Wildman–Crippen LogP) is 1.76. The number of Topliss-reactive ketones (excluding diaryl/α,β-unsaturated/α-hetero) is 1. The number of ketones is 1. The van der Waals surface area contributed by atoms with Crippen molar-refractivity contribution in [3.8, 4) is 0 Å². The molecule has 0 aromatic heterocycles. The van der Waals surface area contributed by atoms with Gasteiger partial charge in [-0.15, -0.1) is 11.6 Å². The topological polar surface area (TPSA) is 134 Å². The van der Waals surface area contributed by atoms with Gasteiger partial charge in [-0.25, -0.2) is 4.79 Å². The first-order chi connectivity index (χ1) is 16.7. The first kappa shape index (κ1) is 33.6. The van der Waals surface area contributed by atoms with E-state index in [4.69, 9.17) is 21.1 Å². The molecule has 2 saturated carbocycles. The van der Waals surface area contributed by atoms with E-state index in [0.717, 1.165) is 0 Å². The zero-order valence-corrected chi connectivity index (χ0v) is 32.2. The Morgan fingerprint density at radius 2 is 1.71 bits per heavy atom. The van der Waals surface area contributed by atoms with Gasteiger partial charge < -0.3 is 29.9 Å². The molecule has 38 heavy (non-hydrogen) atoms. The Morgan fingerprint density at radius 1 is 1.11 bits per heavy atom. The fourth-order valence-electron chi connectivity index (χ4n) is 7.23. The molecular formula is C27H33Ac2ClO8. The average molecular weight is 975 g/mol. The van der Waals surface area contributed by atoms with Gasteiger partial charge in [0.05, 0.1) is 29.8 Å². The van der Waals surface area contributed by atoms with Gasteiger partial charge in [-0.05, 0) is 36.6 Å². The van der Waals surface area contributed by atoms with Gasteiger partial charge in [0.2, 0.25) is 0 Å². The minimum Gasteiger partial charge on any atom is -0.455 e. The summed E-state index contributed by atoms with van der Waals surface area (Å²) in [7, 11) is 0. The minimum atomic E-state index is -1.97. The second-order valence-electron chi connectivity index (χ2n) is 11.6. The van der Waals surface area contributed by atoms with E-state index < -0.39 is 69.5 Å². The van der Waals surface area contributed by atoms with Gasteiger partial charge in [-0.1, -0.05) is 39.0 Å². The molecule has 9 atom stereocenters. The number of hydrogen-bond acceptors (Lipinski definition) is 8. The Balaban J connectivity index is 0.00000200. The summed E-state index contributed by atoms with van der Waals surface area (Å²) in [5, 5.41) is 45.9. The van der Waals surface area contributed by atoms with Crippen LogP contribution in [0.2, 0.25) is 0 Å². The third kappa shape index (κ3) is 4.54. The summed E-state index contributed by atoms with van der Waals surface area (Å²) in [6.07, 6.45) is -5.17. The van der Waals surface area contributed by atoms with Crippen LogP contribution in [0.1, 0.15) is 50.9 Å². The molecule has 11 heteroatoms. The van der Waals surface area contributed by atoms with Crippen LogP contribution >= 0.6 is 11.6 Å². The fourth-order valence-corrected chi connectivity index (χ4v) is 7.63. The molecule has 0 spiro atoms. The number of carbonyl (C=O) groups excluding carboxylic acids is 2. The van der Waals surface area contributed by atoms with Gasteiger partial charge in [0.25, 0.3) is 0 Å². The monoisotopic (exact) mass is 974 g/mol. The van der Waals surface area contributed by atoms with E-state index >= 15 is 0 Å². The number of ether oxygens (including phenoxy) is 2. The van der Waals surface area contributed by atoms with Crippen LogP contribution in [0, 0.1) is 105 Å². The van der Waals surface area contributed by atoms with E-state index in [1.807, 2.05) is 0 Å². The molecule has 5 rings (SSSR count). The van der Waals surface area contributed by atoms with Gasteiger partial charge in [-0.2, -0.15) is 0 Å². The van der Waals surface area contributed by atoms with Crippen LogP contribution in [0.5, 0.6) is 0 Å². The Labute approximate surface area is 299 Å². The van der Waals surface area contributed by atoms with Crippen LogP contribution in [0.25, 0.3) is 0 Å². The summed E-state index contributed by atoms with van der Waals surface area (Å²) >= 11 is 6.82. The summed E-state index contributed by atoms with van der Waals surface area (Å²) in [5.74, 6) is -2.61. The van der Waals surface area contributed by atoms with Crippen molar-refractivity contribution < 1.29 is 128 Å². The molecule has 2 radical (unpaired) electrons. The van der Waals surface area contributed by atoms with Crippen LogP contribution in [0.4, 0.5) is 0 Å². The second-order valence-corrected chi connectivity index (χ2v) is 12.1. The van der Waals surface area contributed by atoms with Crippen molar-refractivity contribution in [2.45, 2.75) is 81.5 Å². The smallest absolute Gasteiger partial charge is 0.338 e. The molecule has 8 nitrogen and oxygen atoms in total. The number of esters is 1. The molecule has 202 valence electrons. The second kappa shape index (κ2) is 11.3. The van der Waals surface area contributed by atoms with Crippen molar-refractivity contribution >= 4 is 23.4 Å². The van der Waals surface area contributed by atoms with Crippen molar-refractivity contribution in [2.75, 3.05) is 6.61 Å². The number of aliphatic hydroxyl groups excluding tert-OH is 2. The number of hydrogen-bond donors (Lipinski definition) is 4. The van der Waals surface area contributed by atoms with Gasteiger partial charge >= 0.3 is 5.97 Å².